The molecule has 2 amide bonds. The van der Waals surface area contributed by atoms with Crippen LogP contribution in [0.2, 0.25) is 0 Å². The number of amides is 2. The number of nitrogens with zero attached hydrogens (tertiary/aromatic N) is 1. The quantitative estimate of drug-likeness (QED) is 0.876. The fourth-order valence-corrected chi connectivity index (χ4v) is 2.85. The third-order valence-electron chi connectivity index (χ3n) is 3.98. The van der Waals surface area contributed by atoms with Gasteiger partial charge in [-0.05, 0) is 17.5 Å². The summed E-state index contributed by atoms with van der Waals surface area (Å²) in [7, 11) is 0. The maximum Gasteiger partial charge on any atom is 0.250 e. The van der Waals surface area contributed by atoms with E-state index in [-0.39, 0.29) is 24.8 Å². The second-order valence-corrected chi connectivity index (χ2v) is 5.77. The lowest BCUT2D eigenvalue weighted by molar-refractivity contribution is -0.140. The molecule has 0 bridgehead atoms. The second kappa shape index (κ2) is 5.73. The average molecular weight is 294 g/mol. The predicted molar refractivity (Wildman–Crippen MR) is 83.7 cm³/mol. The monoisotopic (exact) mass is 294 g/mol. The minimum absolute atomic E-state index is 0.0631. The van der Waals surface area contributed by atoms with Gasteiger partial charge < -0.3 is 5.73 Å². The maximum absolute atomic E-state index is 12.6. The van der Waals surface area contributed by atoms with E-state index in [1.165, 1.54) is 4.90 Å². The Labute approximate surface area is 129 Å². The highest BCUT2D eigenvalue weighted by molar-refractivity contribution is 6.08. The molecule has 1 unspecified atom stereocenters. The zero-order chi connectivity index (χ0) is 15.6. The van der Waals surface area contributed by atoms with E-state index in [0.29, 0.717) is 6.42 Å². The number of carbonyl (C=O) groups is 2. The summed E-state index contributed by atoms with van der Waals surface area (Å²) in [6, 6.07) is 19.0. The first-order valence-corrected chi connectivity index (χ1v) is 7.30. The van der Waals surface area contributed by atoms with Crippen molar-refractivity contribution in [2.75, 3.05) is 0 Å². The Bertz CT molecular complexity index is 685. The molecule has 0 aliphatic carbocycles. The molecule has 0 saturated carbocycles. The van der Waals surface area contributed by atoms with E-state index < -0.39 is 5.54 Å². The van der Waals surface area contributed by atoms with Crippen molar-refractivity contribution >= 4 is 11.8 Å². The van der Waals surface area contributed by atoms with Crippen molar-refractivity contribution < 1.29 is 9.59 Å². The first-order chi connectivity index (χ1) is 10.6. The van der Waals surface area contributed by atoms with Gasteiger partial charge in [0.25, 0.3) is 0 Å². The van der Waals surface area contributed by atoms with Crippen LogP contribution in [-0.2, 0) is 22.6 Å². The summed E-state index contributed by atoms with van der Waals surface area (Å²) >= 11 is 0. The molecule has 1 atom stereocenters. The maximum atomic E-state index is 12.6. The number of hydrogen-bond acceptors (Lipinski definition) is 3. The average Bonchev–Trinajstić information content (AvgIpc) is 2.73. The van der Waals surface area contributed by atoms with E-state index in [9.17, 15) is 9.59 Å². The van der Waals surface area contributed by atoms with Crippen LogP contribution in [0.1, 0.15) is 17.5 Å². The van der Waals surface area contributed by atoms with E-state index >= 15 is 0 Å². The van der Waals surface area contributed by atoms with Crippen LogP contribution in [0.25, 0.3) is 0 Å². The lowest BCUT2D eigenvalue weighted by atomic mass is 9.90. The topological polar surface area (TPSA) is 63.4 Å². The summed E-state index contributed by atoms with van der Waals surface area (Å²) in [5.74, 6) is -0.488. The minimum atomic E-state index is -1.13. The largest absolute Gasteiger partial charge is 0.317 e. The molecule has 4 nitrogen and oxygen atoms in total. The fourth-order valence-electron chi connectivity index (χ4n) is 2.85. The van der Waals surface area contributed by atoms with E-state index in [1.54, 1.807) is 0 Å². The van der Waals surface area contributed by atoms with Crippen LogP contribution >= 0.6 is 0 Å². The van der Waals surface area contributed by atoms with Gasteiger partial charge in [0.1, 0.15) is 5.54 Å². The molecule has 1 aliphatic heterocycles. The van der Waals surface area contributed by atoms with Gasteiger partial charge in [-0.2, -0.15) is 0 Å². The standard InChI is InChI=1S/C18H18N2O2/c19-18(11-14-7-3-1-4-8-14)12-16(21)20(17(18)22)13-15-9-5-2-6-10-15/h1-10H,11-13,19H2. The number of nitrogens with two attached hydrogens (primary N) is 1. The van der Waals surface area contributed by atoms with Crippen LogP contribution in [-0.4, -0.2) is 22.3 Å². The van der Waals surface area contributed by atoms with Crippen molar-refractivity contribution in [1.29, 1.82) is 0 Å². The van der Waals surface area contributed by atoms with E-state index in [4.69, 9.17) is 5.73 Å². The van der Waals surface area contributed by atoms with Crippen molar-refractivity contribution in [2.45, 2.75) is 24.9 Å². The lowest BCUT2D eigenvalue weighted by Crippen LogP contribution is -2.49. The Kier molecular flexibility index (Phi) is 3.77. The van der Waals surface area contributed by atoms with Gasteiger partial charge in [0.05, 0.1) is 13.0 Å². The van der Waals surface area contributed by atoms with Crippen LogP contribution in [0.4, 0.5) is 0 Å². The van der Waals surface area contributed by atoms with Gasteiger partial charge in [-0.1, -0.05) is 60.7 Å². The third kappa shape index (κ3) is 2.78. The van der Waals surface area contributed by atoms with Gasteiger partial charge in [-0.3, -0.25) is 14.5 Å². The summed E-state index contributed by atoms with van der Waals surface area (Å²) < 4.78 is 0. The lowest BCUT2D eigenvalue weighted by Gasteiger charge is -2.22. The molecule has 1 saturated heterocycles. The van der Waals surface area contributed by atoms with Crippen molar-refractivity contribution in [2.24, 2.45) is 5.73 Å². The molecule has 1 aliphatic rings. The molecule has 2 aromatic carbocycles. The molecule has 4 heteroatoms. The highest BCUT2D eigenvalue weighted by atomic mass is 16.2. The normalized spacial score (nSPS) is 21.4. The van der Waals surface area contributed by atoms with Gasteiger partial charge in [-0.15, -0.1) is 0 Å². The summed E-state index contributed by atoms with van der Waals surface area (Å²) in [4.78, 5) is 26.1. The van der Waals surface area contributed by atoms with Crippen LogP contribution in [0.5, 0.6) is 0 Å². The Morgan fingerprint density at radius 2 is 1.45 bits per heavy atom. The van der Waals surface area contributed by atoms with Crippen LogP contribution < -0.4 is 5.73 Å². The number of hydrogen-bond donors (Lipinski definition) is 1. The number of carbonyl (C=O) groups excluding carboxylic acids is 2. The molecule has 0 aromatic heterocycles. The van der Waals surface area contributed by atoms with Crippen molar-refractivity contribution in [3.8, 4) is 0 Å². The molecule has 22 heavy (non-hydrogen) atoms. The number of likely N-dealkylation sites (tertiary alicyclic amines) is 1. The molecular formula is C18H18N2O2. The van der Waals surface area contributed by atoms with Gasteiger partial charge in [0, 0.05) is 0 Å². The fraction of sp³-hybridized carbons (Fsp3) is 0.222. The Morgan fingerprint density at radius 1 is 0.909 bits per heavy atom. The van der Waals surface area contributed by atoms with Crippen molar-refractivity contribution in [3.63, 3.8) is 0 Å². The molecule has 1 fully saturated rings. The van der Waals surface area contributed by atoms with Gasteiger partial charge in [-0.25, -0.2) is 0 Å². The first-order valence-electron chi connectivity index (χ1n) is 7.30. The molecule has 0 radical (unpaired) electrons. The highest BCUT2D eigenvalue weighted by Crippen LogP contribution is 2.27. The Morgan fingerprint density at radius 3 is 2.05 bits per heavy atom. The molecule has 1 heterocycles. The molecule has 2 aromatic rings. The summed E-state index contributed by atoms with van der Waals surface area (Å²) in [5.41, 5.74) is 7.02. The van der Waals surface area contributed by atoms with E-state index in [1.807, 2.05) is 60.7 Å². The molecule has 3 rings (SSSR count). The van der Waals surface area contributed by atoms with Crippen LogP contribution in [0.15, 0.2) is 60.7 Å². The van der Waals surface area contributed by atoms with Gasteiger partial charge in [0.2, 0.25) is 11.8 Å². The summed E-state index contributed by atoms with van der Waals surface area (Å²) in [6.07, 6.45) is 0.442. The zero-order valence-corrected chi connectivity index (χ0v) is 12.2. The summed E-state index contributed by atoms with van der Waals surface area (Å²) in [6.45, 7) is 0.284. The van der Waals surface area contributed by atoms with Crippen molar-refractivity contribution in [3.05, 3.63) is 71.8 Å². The zero-order valence-electron chi connectivity index (χ0n) is 12.2. The van der Waals surface area contributed by atoms with E-state index in [2.05, 4.69) is 0 Å². The van der Waals surface area contributed by atoms with Crippen LogP contribution in [0, 0.1) is 0 Å². The van der Waals surface area contributed by atoms with Gasteiger partial charge in [0.15, 0.2) is 0 Å². The van der Waals surface area contributed by atoms with Crippen LogP contribution in [0.3, 0.4) is 0 Å². The van der Waals surface area contributed by atoms with Gasteiger partial charge >= 0.3 is 0 Å². The molecule has 112 valence electrons. The number of rotatable bonds is 4. The third-order valence-corrected chi connectivity index (χ3v) is 3.98. The summed E-state index contributed by atoms with van der Waals surface area (Å²) in [5, 5.41) is 0. The SMILES string of the molecule is NC1(Cc2ccccc2)CC(=O)N(Cc2ccccc2)C1=O. The first kappa shape index (κ1) is 14.5. The van der Waals surface area contributed by atoms with E-state index in [0.717, 1.165) is 11.1 Å². The molecular weight excluding hydrogens is 276 g/mol. The number of imide groups is 1. The van der Waals surface area contributed by atoms with Crippen molar-refractivity contribution in [1.82, 2.24) is 4.90 Å². The Balaban J connectivity index is 1.78. The molecule has 2 N–H and O–H groups in total. The smallest absolute Gasteiger partial charge is 0.250 e. The predicted octanol–water partition coefficient (Wildman–Crippen LogP) is 1.89. The highest BCUT2D eigenvalue weighted by Gasteiger charge is 2.48. The second-order valence-electron chi connectivity index (χ2n) is 5.77. The number of benzene rings is 2. The molecule has 0 spiro atoms. The Hall–Kier alpha value is -2.46. The minimum Gasteiger partial charge on any atom is -0.317 e.